The second-order valence-corrected chi connectivity index (χ2v) is 9.24. The van der Waals surface area contributed by atoms with Crippen LogP contribution in [0.1, 0.15) is 47.0 Å². The van der Waals surface area contributed by atoms with Gasteiger partial charge in [-0.15, -0.1) is 0 Å². The van der Waals surface area contributed by atoms with Crippen molar-refractivity contribution in [1.82, 2.24) is 0 Å². The molecular formula is C22H34BNO5. The monoisotopic (exact) mass is 403 g/mol. The Hall–Kier alpha value is -1.12. The summed E-state index contributed by atoms with van der Waals surface area (Å²) in [5.74, 6) is 0. The van der Waals surface area contributed by atoms with Crippen LogP contribution in [0.25, 0.3) is 0 Å². The SMILES string of the molecule is CC1(C)OB(c2ccc(N3CC(OCCOC4CCCCO4)C3)cc2)OC1(C)C. The molecule has 0 bridgehead atoms. The largest absolute Gasteiger partial charge is 0.494 e. The Kier molecular flexibility index (Phi) is 6.23. The van der Waals surface area contributed by atoms with Crippen molar-refractivity contribution in [3.63, 3.8) is 0 Å². The lowest BCUT2D eigenvalue weighted by Gasteiger charge is -2.40. The molecule has 160 valence electrons. The van der Waals surface area contributed by atoms with Crippen molar-refractivity contribution in [3.8, 4) is 0 Å². The number of hydrogen-bond donors (Lipinski definition) is 0. The first-order valence-corrected chi connectivity index (χ1v) is 10.9. The Morgan fingerprint density at radius 1 is 0.966 bits per heavy atom. The summed E-state index contributed by atoms with van der Waals surface area (Å²) in [5, 5.41) is 0. The van der Waals surface area contributed by atoms with E-state index in [0.29, 0.717) is 13.2 Å². The molecule has 3 heterocycles. The van der Waals surface area contributed by atoms with E-state index in [-0.39, 0.29) is 30.7 Å². The summed E-state index contributed by atoms with van der Waals surface area (Å²) in [4.78, 5) is 2.32. The zero-order valence-electron chi connectivity index (χ0n) is 18.2. The predicted octanol–water partition coefficient (Wildman–Crippen LogP) is 2.73. The van der Waals surface area contributed by atoms with Crippen molar-refractivity contribution in [2.24, 2.45) is 0 Å². The van der Waals surface area contributed by atoms with Crippen LogP contribution < -0.4 is 10.4 Å². The predicted molar refractivity (Wildman–Crippen MR) is 114 cm³/mol. The first-order chi connectivity index (χ1) is 13.8. The average molecular weight is 403 g/mol. The number of ether oxygens (including phenoxy) is 3. The Morgan fingerprint density at radius 3 is 2.24 bits per heavy atom. The van der Waals surface area contributed by atoms with E-state index in [1.807, 2.05) is 0 Å². The highest BCUT2D eigenvalue weighted by Gasteiger charge is 2.51. The van der Waals surface area contributed by atoms with Crippen LogP contribution in [0.15, 0.2) is 24.3 Å². The summed E-state index contributed by atoms with van der Waals surface area (Å²) in [7, 11) is -0.310. The molecule has 0 aliphatic carbocycles. The molecular weight excluding hydrogens is 369 g/mol. The van der Waals surface area contributed by atoms with E-state index >= 15 is 0 Å². The van der Waals surface area contributed by atoms with Gasteiger partial charge in [-0.05, 0) is 64.6 Å². The molecule has 0 radical (unpaired) electrons. The summed E-state index contributed by atoms with van der Waals surface area (Å²) < 4.78 is 29.5. The molecule has 1 unspecified atom stereocenters. The number of nitrogens with zero attached hydrogens (tertiary/aromatic N) is 1. The highest BCUT2D eigenvalue weighted by molar-refractivity contribution is 6.62. The molecule has 3 aliphatic rings. The molecule has 3 saturated heterocycles. The van der Waals surface area contributed by atoms with Gasteiger partial charge in [-0.1, -0.05) is 12.1 Å². The van der Waals surface area contributed by atoms with Gasteiger partial charge in [-0.3, -0.25) is 0 Å². The fraction of sp³-hybridized carbons (Fsp3) is 0.727. The first-order valence-electron chi connectivity index (χ1n) is 10.9. The second-order valence-electron chi connectivity index (χ2n) is 9.24. The maximum atomic E-state index is 6.13. The summed E-state index contributed by atoms with van der Waals surface area (Å²) in [6.07, 6.45) is 3.57. The van der Waals surface area contributed by atoms with Crippen LogP contribution in [0.3, 0.4) is 0 Å². The van der Waals surface area contributed by atoms with E-state index < -0.39 is 0 Å². The van der Waals surface area contributed by atoms with E-state index in [0.717, 1.165) is 38.0 Å². The molecule has 0 aromatic heterocycles. The van der Waals surface area contributed by atoms with Gasteiger partial charge in [0.25, 0.3) is 0 Å². The van der Waals surface area contributed by atoms with Crippen molar-refractivity contribution in [3.05, 3.63) is 24.3 Å². The van der Waals surface area contributed by atoms with Gasteiger partial charge in [0.2, 0.25) is 0 Å². The lowest BCUT2D eigenvalue weighted by Crippen LogP contribution is -2.52. The minimum atomic E-state index is -0.314. The third-order valence-electron chi connectivity index (χ3n) is 6.51. The van der Waals surface area contributed by atoms with Crippen LogP contribution in [0, 0.1) is 0 Å². The van der Waals surface area contributed by atoms with Crippen molar-refractivity contribution in [2.75, 3.05) is 37.8 Å². The lowest BCUT2D eigenvalue weighted by molar-refractivity contribution is -0.171. The van der Waals surface area contributed by atoms with Gasteiger partial charge >= 0.3 is 7.12 Å². The van der Waals surface area contributed by atoms with Crippen LogP contribution in [0.5, 0.6) is 0 Å². The molecule has 29 heavy (non-hydrogen) atoms. The fourth-order valence-electron chi connectivity index (χ4n) is 3.81. The Labute approximate surface area is 174 Å². The third kappa shape index (κ3) is 4.80. The number of benzene rings is 1. The van der Waals surface area contributed by atoms with Gasteiger partial charge < -0.3 is 28.4 Å². The molecule has 0 amide bonds. The zero-order chi connectivity index (χ0) is 20.5. The number of hydrogen-bond acceptors (Lipinski definition) is 6. The molecule has 7 heteroatoms. The van der Waals surface area contributed by atoms with Gasteiger partial charge in [0.15, 0.2) is 6.29 Å². The van der Waals surface area contributed by atoms with Gasteiger partial charge in [0, 0.05) is 25.4 Å². The molecule has 3 aliphatic heterocycles. The average Bonchev–Trinajstić information content (AvgIpc) is 2.88. The van der Waals surface area contributed by atoms with Gasteiger partial charge in [0.1, 0.15) is 0 Å². The maximum absolute atomic E-state index is 6.13. The van der Waals surface area contributed by atoms with E-state index in [9.17, 15) is 0 Å². The zero-order valence-corrected chi connectivity index (χ0v) is 18.2. The fourth-order valence-corrected chi connectivity index (χ4v) is 3.81. The Morgan fingerprint density at radius 2 is 1.62 bits per heavy atom. The van der Waals surface area contributed by atoms with Crippen molar-refractivity contribution >= 4 is 18.3 Å². The van der Waals surface area contributed by atoms with Crippen molar-refractivity contribution in [2.45, 2.75) is 70.6 Å². The first kappa shape index (κ1) is 21.1. The van der Waals surface area contributed by atoms with Crippen molar-refractivity contribution < 1.29 is 23.5 Å². The van der Waals surface area contributed by atoms with Crippen LogP contribution in [0.2, 0.25) is 0 Å². The van der Waals surface area contributed by atoms with Crippen molar-refractivity contribution in [1.29, 1.82) is 0 Å². The van der Waals surface area contributed by atoms with Crippen LogP contribution >= 0.6 is 0 Å². The quantitative estimate of drug-likeness (QED) is 0.516. The van der Waals surface area contributed by atoms with E-state index in [1.165, 1.54) is 12.1 Å². The van der Waals surface area contributed by atoms with Crippen LogP contribution in [-0.4, -0.2) is 63.6 Å². The third-order valence-corrected chi connectivity index (χ3v) is 6.51. The minimum Gasteiger partial charge on any atom is -0.399 e. The molecule has 0 N–H and O–H groups in total. The normalized spacial score (nSPS) is 26.6. The van der Waals surface area contributed by atoms with Crippen LogP contribution in [0.4, 0.5) is 5.69 Å². The molecule has 1 aromatic rings. The highest BCUT2D eigenvalue weighted by Crippen LogP contribution is 2.36. The summed E-state index contributed by atoms with van der Waals surface area (Å²) >= 11 is 0. The highest BCUT2D eigenvalue weighted by atomic mass is 16.7. The smallest absolute Gasteiger partial charge is 0.399 e. The summed E-state index contributed by atoms with van der Waals surface area (Å²) in [6, 6.07) is 8.48. The van der Waals surface area contributed by atoms with Crippen LogP contribution in [-0.2, 0) is 23.5 Å². The Balaban J connectivity index is 1.18. The molecule has 4 rings (SSSR count). The molecule has 3 fully saturated rings. The summed E-state index contributed by atoms with van der Waals surface area (Å²) in [5.41, 5.74) is 1.64. The number of anilines is 1. The molecule has 0 spiro atoms. The van der Waals surface area contributed by atoms with E-state index in [2.05, 4.69) is 56.9 Å². The van der Waals surface area contributed by atoms with E-state index in [4.69, 9.17) is 23.5 Å². The van der Waals surface area contributed by atoms with E-state index in [1.54, 1.807) is 0 Å². The molecule has 6 nitrogen and oxygen atoms in total. The Bertz CT molecular complexity index is 652. The lowest BCUT2D eigenvalue weighted by atomic mass is 9.79. The standard InChI is InChI=1S/C22H34BNO5/c1-21(2)22(3,4)29-23(28-21)17-8-10-18(11-9-17)24-15-19(16-24)25-13-14-27-20-7-5-6-12-26-20/h8-11,19-20H,5-7,12-16H2,1-4H3. The van der Waals surface area contributed by atoms with Gasteiger partial charge in [-0.2, -0.15) is 0 Å². The second kappa shape index (κ2) is 8.56. The van der Waals surface area contributed by atoms with Gasteiger partial charge in [-0.25, -0.2) is 0 Å². The summed E-state index contributed by atoms with van der Waals surface area (Å²) in [6.45, 7) is 12.2. The molecule has 1 aromatic carbocycles. The molecule has 1 atom stereocenters. The molecule has 0 saturated carbocycles. The maximum Gasteiger partial charge on any atom is 0.494 e. The number of rotatable bonds is 7. The topological polar surface area (TPSA) is 49.4 Å². The van der Waals surface area contributed by atoms with Gasteiger partial charge in [0.05, 0.1) is 30.5 Å². The minimum absolute atomic E-state index is 0.0345.